The molecule has 292 valence electrons. The van der Waals surface area contributed by atoms with Crippen molar-refractivity contribution in [2.24, 2.45) is 23.7 Å². The zero-order valence-electron chi connectivity index (χ0n) is 34.5. The molecule has 61 heavy (non-hydrogen) atoms. The van der Waals surface area contributed by atoms with Gasteiger partial charge in [-0.2, -0.15) is 5.26 Å². The van der Waals surface area contributed by atoms with Crippen LogP contribution in [0, 0.1) is 35.0 Å². The number of hydrogen-bond donors (Lipinski definition) is 0. The lowest BCUT2D eigenvalue weighted by atomic mass is 9.43. The molecule has 1 aromatic heterocycles. The van der Waals surface area contributed by atoms with E-state index >= 15 is 0 Å². The third kappa shape index (κ3) is 4.95. The Balaban J connectivity index is 0.911. The van der Waals surface area contributed by atoms with Crippen molar-refractivity contribution >= 4 is 10.8 Å². The molecule has 4 nitrogen and oxygen atoms in total. The smallest absolute Gasteiger partial charge is 0.164 e. The van der Waals surface area contributed by atoms with Crippen molar-refractivity contribution in [3.8, 4) is 73.6 Å². The largest absolute Gasteiger partial charge is 0.208 e. The van der Waals surface area contributed by atoms with E-state index in [1.165, 1.54) is 87.4 Å². The van der Waals surface area contributed by atoms with Gasteiger partial charge in [0.05, 0.1) is 11.6 Å². The molecule has 6 aliphatic carbocycles. The molecule has 1 heterocycles. The first kappa shape index (κ1) is 35.1. The lowest BCUT2D eigenvalue weighted by Gasteiger charge is -2.61. The predicted molar refractivity (Wildman–Crippen MR) is 245 cm³/mol. The highest BCUT2D eigenvalue weighted by Gasteiger charge is 2.61. The normalized spacial score (nSPS) is 23.1. The van der Waals surface area contributed by atoms with Crippen molar-refractivity contribution in [1.29, 1.82) is 5.26 Å². The zero-order valence-corrected chi connectivity index (χ0v) is 34.5. The SMILES string of the molecule is CC1(C)c2cc(-c3ccc4c(c3)-c3c(ccc5ccccc35)C43C4CC5CC(C4)CC3C5)ccc2-c2ccc(-c3nc(-c4ccccc4)nc(-c4cccc(C#N)c4)n3)cc21. The van der Waals surface area contributed by atoms with Gasteiger partial charge < -0.3 is 0 Å². The van der Waals surface area contributed by atoms with Gasteiger partial charge in [0, 0.05) is 27.5 Å². The third-order valence-corrected chi connectivity index (χ3v) is 15.7. The van der Waals surface area contributed by atoms with E-state index in [0.29, 0.717) is 23.0 Å². The molecule has 0 saturated heterocycles. The molecule has 1 spiro atoms. The Bertz CT molecular complexity index is 3180. The highest BCUT2D eigenvalue weighted by molar-refractivity contribution is 6.03. The molecule has 14 rings (SSSR count). The van der Waals surface area contributed by atoms with Gasteiger partial charge in [0.1, 0.15) is 0 Å². The van der Waals surface area contributed by atoms with Gasteiger partial charge >= 0.3 is 0 Å². The number of fused-ring (bicyclic) bond motifs is 8. The van der Waals surface area contributed by atoms with Crippen LogP contribution in [0.25, 0.3) is 78.3 Å². The minimum absolute atomic E-state index is 0.141. The first-order valence-electron chi connectivity index (χ1n) is 22.2. The Morgan fingerprint density at radius 1 is 0.475 bits per heavy atom. The summed E-state index contributed by atoms with van der Waals surface area (Å²) in [6.45, 7) is 4.71. The maximum atomic E-state index is 9.66. The summed E-state index contributed by atoms with van der Waals surface area (Å²) in [6.07, 6.45) is 7.03. The molecule has 0 N–H and O–H groups in total. The molecule has 4 bridgehead atoms. The van der Waals surface area contributed by atoms with E-state index in [2.05, 4.69) is 111 Å². The fourth-order valence-corrected chi connectivity index (χ4v) is 13.3. The molecule has 0 radical (unpaired) electrons. The fourth-order valence-electron chi connectivity index (χ4n) is 13.3. The van der Waals surface area contributed by atoms with Crippen LogP contribution in [0.3, 0.4) is 0 Å². The van der Waals surface area contributed by atoms with Crippen molar-refractivity contribution < 1.29 is 0 Å². The maximum Gasteiger partial charge on any atom is 0.164 e. The Morgan fingerprint density at radius 2 is 1.05 bits per heavy atom. The summed E-state index contributed by atoms with van der Waals surface area (Å²) in [5.74, 6) is 5.09. The third-order valence-electron chi connectivity index (χ3n) is 15.7. The van der Waals surface area contributed by atoms with Gasteiger partial charge in [-0.15, -0.1) is 0 Å². The summed E-state index contributed by atoms with van der Waals surface area (Å²) in [5.41, 5.74) is 17.0. The second-order valence-corrected chi connectivity index (χ2v) is 19.2. The lowest BCUT2D eigenvalue weighted by Crippen LogP contribution is -2.55. The van der Waals surface area contributed by atoms with Crippen molar-refractivity contribution in [3.05, 3.63) is 173 Å². The van der Waals surface area contributed by atoms with Crippen molar-refractivity contribution in [3.63, 3.8) is 0 Å². The number of hydrogen-bond acceptors (Lipinski definition) is 4. The first-order valence-corrected chi connectivity index (χ1v) is 22.2. The minimum Gasteiger partial charge on any atom is -0.208 e. The summed E-state index contributed by atoms with van der Waals surface area (Å²) in [4.78, 5) is 15.0. The van der Waals surface area contributed by atoms with Crippen LogP contribution >= 0.6 is 0 Å². The molecule has 0 atom stereocenters. The van der Waals surface area contributed by atoms with E-state index in [1.54, 1.807) is 17.2 Å². The van der Waals surface area contributed by atoms with Crippen LogP contribution in [0.2, 0.25) is 0 Å². The molecule has 8 aromatic rings. The molecular weight excluding hydrogens is 741 g/mol. The van der Waals surface area contributed by atoms with Crippen molar-refractivity contribution in [2.75, 3.05) is 0 Å². The molecule has 4 heteroatoms. The number of benzene rings is 7. The number of rotatable bonds is 4. The lowest BCUT2D eigenvalue weighted by molar-refractivity contribution is -0.0399. The van der Waals surface area contributed by atoms with E-state index in [4.69, 9.17) is 15.0 Å². The van der Waals surface area contributed by atoms with E-state index in [-0.39, 0.29) is 10.8 Å². The fraction of sp³-hybridized carbons (Fsp3) is 0.228. The topological polar surface area (TPSA) is 62.5 Å². The van der Waals surface area contributed by atoms with Gasteiger partial charge in [0.2, 0.25) is 0 Å². The molecule has 0 aliphatic heterocycles. The van der Waals surface area contributed by atoms with Gasteiger partial charge in [-0.25, -0.2) is 15.0 Å². The second kappa shape index (κ2) is 12.7. The van der Waals surface area contributed by atoms with Crippen LogP contribution in [0.1, 0.15) is 73.8 Å². The van der Waals surface area contributed by atoms with E-state index in [1.807, 2.05) is 48.5 Å². The molecule has 4 saturated carbocycles. The van der Waals surface area contributed by atoms with Crippen molar-refractivity contribution in [2.45, 2.75) is 56.8 Å². The quantitative estimate of drug-likeness (QED) is 0.178. The second-order valence-electron chi connectivity index (χ2n) is 19.2. The molecule has 0 unspecified atom stereocenters. The Kier molecular flexibility index (Phi) is 7.28. The molecule has 0 amide bonds. The number of nitrogens with zero attached hydrogens (tertiary/aromatic N) is 4. The molecule has 6 aliphatic rings. The standard InChI is InChI=1S/C57H44N4/c1-56(2)50-30-39(38-18-21-48-47(29-38)52-44-14-7-6-10-36(44)17-22-49(52)57(48)42-25-34-23-35(27-42)28-43(57)26-34)15-19-45(50)46-20-16-41(31-51(46)56)55-60-53(37-11-4-3-5-12-37)59-54(61-55)40-13-8-9-33(24-40)32-58/h3-22,24,29-31,34-35,42-43H,23,25-28H2,1-2H3. The van der Waals surface area contributed by atoms with E-state index in [0.717, 1.165) is 40.4 Å². The van der Waals surface area contributed by atoms with Crippen molar-refractivity contribution in [1.82, 2.24) is 15.0 Å². The van der Waals surface area contributed by atoms with Crippen LogP contribution in [0.5, 0.6) is 0 Å². The predicted octanol–water partition coefficient (Wildman–Crippen LogP) is 13.6. The molecule has 7 aromatic carbocycles. The summed E-state index contributed by atoms with van der Waals surface area (Å²) in [6, 6.07) is 55.3. The molecular formula is C57H44N4. The van der Waals surface area contributed by atoms with Gasteiger partial charge in [-0.05, 0) is 153 Å². The van der Waals surface area contributed by atoms with Gasteiger partial charge in [0.15, 0.2) is 17.5 Å². The first-order chi connectivity index (χ1) is 29.9. The van der Waals surface area contributed by atoms with Crippen LogP contribution < -0.4 is 0 Å². The van der Waals surface area contributed by atoms with Gasteiger partial charge in [-0.3, -0.25) is 0 Å². The van der Waals surface area contributed by atoms with Gasteiger partial charge in [-0.1, -0.05) is 129 Å². The molecule has 4 fully saturated rings. The highest BCUT2D eigenvalue weighted by Crippen LogP contribution is 2.70. The average Bonchev–Trinajstić information content (AvgIpc) is 3.72. The summed E-state index contributed by atoms with van der Waals surface area (Å²) < 4.78 is 0. The van der Waals surface area contributed by atoms with Gasteiger partial charge in [0.25, 0.3) is 0 Å². The summed E-state index contributed by atoms with van der Waals surface area (Å²) in [5, 5.41) is 12.4. The summed E-state index contributed by atoms with van der Waals surface area (Å²) in [7, 11) is 0. The Hall–Kier alpha value is -6.70. The monoisotopic (exact) mass is 784 g/mol. The van der Waals surface area contributed by atoms with E-state index in [9.17, 15) is 5.26 Å². The van der Waals surface area contributed by atoms with Crippen LogP contribution in [0.4, 0.5) is 0 Å². The van der Waals surface area contributed by atoms with Crippen LogP contribution in [-0.4, -0.2) is 15.0 Å². The highest BCUT2D eigenvalue weighted by atomic mass is 15.0. The maximum absolute atomic E-state index is 9.66. The Labute approximate surface area is 357 Å². The van der Waals surface area contributed by atoms with Crippen LogP contribution in [-0.2, 0) is 10.8 Å². The summed E-state index contributed by atoms with van der Waals surface area (Å²) >= 11 is 0. The minimum atomic E-state index is -0.250. The number of nitriles is 1. The van der Waals surface area contributed by atoms with E-state index < -0.39 is 0 Å². The zero-order chi connectivity index (χ0) is 40.6. The number of aromatic nitrogens is 3. The van der Waals surface area contributed by atoms with Crippen LogP contribution in [0.15, 0.2) is 146 Å². The average molecular weight is 785 g/mol. The Morgan fingerprint density at radius 3 is 1.77 bits per heavy atom.